The highest BCUT2D eigenvalue weighted by Gasteiger charge is 2.40. The van der Waals surface area contributed by atoms with E-state index in [1.54, 1.807) is 0 Å². The Balaban J connectivity index is 2.06. The molecule has 0 radical (unpaired) electrons. The Morgan fingerprint density at radius 2 is 2.00 bits per heavy atom. The number of halogens is 2. The largest absolute Gasteiger partial charge is 0.369 e. The molecule has 5 heteroatoms. The molecular weight excluding hydrogens is 396 g/mol. The molecule has 114 valence electrons. The number of fused-ring (bicyclic) bond motifs is 1. The lowest BCUT2D eigenvalue weighted by Crippen LogP contribution is -2.31. The Bertz CT molecular complexity index is 762. The SMILES string of the molecule is Cc1ccccc1C(C)N1C(=O)c2c(I)cc(F)cc2C1O. The maximum atomic E-state index is 13.6. The Labute approximate surface area is 141 Å². The van der Waals surface area contributed by atoms with Gasteiger partial charge in [0.25, 0.3) is 5.91 Å². The molecule has 0 aliphatic carbocycles. The molecule has 0 bridgehead atoms. The molecule has 2 unspecified atom stereocenters. The summed E-state index contributed by atoms with van der Waals surface area (Å²) in [6.45, 7) is 3.84. The molecule has 1 N–H and O–H groups in total. The molecule has 3 rings (SSSR count). The quantitative estimate of drug-likeness (QED) is 0.761. The lowest BCUT2D eigenvalue weighted by atomic mass is 10.0. The molecule has 1 aliphatic heterocycles. The van der Waals surface area contributed by atoms with Crippen LogP contribution in [0.5, 0.6) is 0 Å². The van der Waals surface area contributed by atoms with Crippen molar-refractivity contribution in [3.8, 4) is 0 Å². The van der Waals surface area contributed by atoms with Crippen LogP contribution < -0.4 is 0 Å². The van der Waals surface area contributed by atoms with Gasteiger partial charge in [0.2, 0.25) is 0 Å². The minimum atomic E-state index is -1.12. The molecule has 1 amide bonds. The van der Waals surface area contributed by atoms with E-state index in [1.165, 1.54) is 17.0 Å². The van der Waals surface area contributed by atoms with Crippen LogP contribution in [-0.4, -0.2) is 15.9 Å². The minimum Gasteiger partial charge on any atom is -0.369 e. The summed E-state index contributed by atoms with van der Waals surface area (Å²) in [5.41, 5.74) is 2.76. The third-order valence-corrected chi connectivity index (χ3v) is 4.98. The number of aliphatic hydroxyl groups is 1. The molecule has 1 aliphatic rings. The van der Waals surface area contributed by atoms with Crippen LogP contribution in [0.25, 0.3) is 0 Å². The predicted octanol–water partition coefficient (Wildman–Crippen LogP) is 3.95. The third-order valence-electron chi connectivity index (χ3n) is 4.13. The average Bonchev–Trinajstić information content (AvgIpc) is 2.70. The fourth-order valence-electron chi connectivity index (χ4n) is 3.01. The molecule has 2 atom stereocenters. The van der Waals surface area contributed by atoms with Crippen molar-refractivity contribution in [2.75, 3.05) is 0 Å². The zero-order valence-corrected chi connectivity index (χ0v) is 14.3. The molecule has 0 spiro atoms. The zero-order valence-electron chi connectivity index (χ0n) is 12.2. The summed E-state index contributed by atoms with van der Waals surface area (Å²) in [6, 6.07) is 10.00. The molecule has 0 saturated carbocycles. The van der Waals surface area contributed by atoms with Gasteiger partial charge in [-0.15, -0.1) is 0 Å². The lowest BCUT2D eigenvalue weighted by molar-refractivity contribution is -0.000524. The van der Waals surface area contributed by atoms with E-state index in [1.807, 2.05) is 60.7 Å². The number of carbonyl (C=O) groups excluding carboxylic acids is 1. The molecular formula is C17H15FINO2. The highest BCUT2D eigenvalue weighted by Crippen LogP contribution is 2.40. The van der Waals surface area contributed by atoms with E-state index in [2.05, 4.69) is 0 Å². The van der Waals surface area contributed by atoms with Crippen molar-refractivity contribution in [2.45, 2.75) is 26.1 Å². The van der Waals surface area contributed by atoms with Crippen LogP contribution in [0.2, 0.25) is 0 Å². The number of carbonyl (C=O) groups is 1. The minimum absolute atomic E-state index is 0.261. The van der Waals surface area contributed by atoms with Crippen LogP contribution in [-0.2, 0) is 0 Å². The smallest absolute Gasteiger partial charge is 0.258 e. The Morgan fingerprint density at radius 3 is 2.68 bits per heavy atom. The van der Waals surface area contributed by atoms with Crippen molar-refractivity contribution in [3.05, 3.63) is 68.0 Å². The molecule has 2 aromatic carbocycles. The molecule has 0 saturated heterocycles. The van der Waals surface area contributed by atoms with Crippen LogP contribution in [0.3, 0.4) is 0 Å². The van der Waals surface area contributed by atoms with Crippen LogP contribution in [0.15, 0.2) is 36.4 Å². The van der Waals surface area contributed by atoms with E-state index in [4.69, 9.17) is 0 Å². The number of aryl methyl sites for hydroxylation is 1. The van der Waals surface area contributed by atoms with E-state index in [-0.39, 0.29) is 11.9 Å². The summed E-state index contributed by atoms with van der Waals surface area (Å²) in [5.74, 6) is -0.706. The number of rotatable bonds is 2. The van der Waals surface area contributed by atoms with Gasteiger partial charge >= 0.3 is 0 Å². The van der Waals surface area contributed by atoms with Gasteiger partial charge in [-0.3, -0.25) is 4.79 Å². The Kier molecular flexibility index (Phi) is 3.94. The second kappa shape index (κ2) is 5.62. The van der Waals surface area contributed by atoms with Gasteiger partial charge in [-0.2, -0.15) is 0 Å². The van der Waals surface area contributed by atoms with Crippen molar-refractivity contribution in [2.24, 2.45) is 0 Å². The Hall–Kier alpha value is -1.47. The van der Waals surface area contributed by atoms with E-state index < -0.39 is 12.0 Å². The molecule has 3 nitrogen and oxygen atoms in total. The van der Waals surface area contributed by atoms with Crippen molar-refractivity contribution >= 4 is 28.5 Å². The maximum Gasteiger partial charge on any atom is 0.258 e. The fraction of sp³-hybridized carbons (Fsp3) is 0.235. The number of hydrogen-bond donors (Lipinski definition) is 1. The van der Waals surface area contributed by atoms with Gasteiger partial charge in [0, 0.05) is 9.13 Å². The summed E-state index contributed by atoms with van der Waals surface area (Å²) in [5, 5.41) is 10.5. The summed E-state index contributed by atoms with van der Waals surface area (Å²) in [7, 11) is 0. The molecule has 2 aromatic rings. The van der Waals surface area contributed by atoms with E-state index in [9.17, 15) is 14.3 Å². The van der Waals surface area contributed by atoms with Gasteiger partial charge < -0.3 is 10.0 Å². The van der Waals surface area contributed by atoms with Crippen molar-refractivity contribution < 1.29 is 14.3 Å². The van der Waals surface area contributed by atoms with Crippen molar-refractivity contribution in [1.82, 2.24) is 4.90 Å². The van der Waals surface area contributed by atoms with Gasteiger partial charge in [0.05, 0.1) is 11.6 Å². The predicted molar refractivity (Wildman–Crippen MR) is 89.8 cm³/mol. The third kappa shape index (κ3) is 2.32. The van der Waals surface area contributed by atoms with Gasteiger partial charge in [-0.25, -0.2) is 4.39 Å². The highest BCUT2D eigenvalue weighted by atomic mass is 127. The second-order valence-electron chi connectivity index (χ2n) is 5.47. The fourth-order valence-corrected chi connectivity index (χ4v) is 3.85. The van der Waals surface area contributed by atoms with Crippen LogP contribution in [0, 0.1) is 16.3 Å². The monoisotopic (exact) mass is 411 g/mol. The number of hydrogen-bond acceptors (Lipinski definition) is 2. The highest BCUT2D eigenvalue weighted by molar-refractivity contribution is 14.1. The van der Waals surface area contributed by atoms with Gasteiger partial charge in [0.1, 0.15) is 5.82 Å². The molecule has 0 aromatic heterocycles. The first-order chi connectivity index (χ1) is 10.4. The van der Waals surface area contributed by atoms with Crippen molar-refractivity contribution in [1.29, 1.82) is 0 Å². The van der Waals surface area contributed by atoms with Gasteiger partial charge in [-0.1, -0.05) is 24.3 Å². The Morgan fingerprint density at radius 1 is 1.32 bits per heavy atom. The van der Waals surface area contributed by atoms with Gasteiger partial charge in [-0.05, 0) is 59.7 Å². The number of aliphatic hydroxyl groups excluding tert-OH is 1. The van der Waals surface area contributed by atoms with E-state index >= 15 is 0 Å². The normalized spacial score (nSPS) is 18.5. The van der Waals surface area contributed by atoms with E-state index in [0.29, 0.717) is 14.7 Å². The summed E-state index contributed by atoms with van der Waals surface area (Å²) >= 11 is 1.93. The standard InChI is InChI=1S/C17H15FINO2/c1-9-5-3-4-6-12(9)10(2)20-16(21)13-7-11(18)8-14(19)15(13)17(20)22/h3-8,10,16,21H,1-2H3. The van der Waals surface area contributed by atoms with Crippen LogP contribution >= 0.6 is 22.6 Å². The summed E-state index contributed by atoms with van der Waals surface area (Å²) in [6.07, 6.45) is -1.12. The number of nitrogens with zero attached hydrogens (tertiary/aromatic N) is 1. The van der Waals surface area contributed by atoms with E-state index in [0.717, 1.165) is 11.1 Å². The average molecular weight is 411 g/mol. The number of benzene rings is 2. The molecule has 1 heterocycles. The molecule has 22 heavy (non-hydrogen) atoms. The first-order valence-electron chi connectivity index (χ1n) is 6.97. The van der Waals surface area contributed by atoms with Crippen LogP contribution in [0.4, 0.5) is 4.39 Å². The summed E-state index contributed by atoms with van der Waals surface area (Å²) < 4.78 is 14.1. The molecule has 0 fully saturated rings. The lowest BCUT2D eigenvalue weighted by Gasteiger charge is -2.29. The maximum absolute atomic E-state index is 13.6. The topological polar surface area (TPSA) is 40.5 Å². The summed E-state index contributed by atoms with van der Waals surface area (Å²) in [4.78, 5) is 14.1. The zero-order chi connectivity index (χ0) is 16.0. The first kappa shape index (κ1) is 15.4. The first-order valence-corrected chi connectivity index (χ1v) is 8.05. The second-order valence-corrected chi connectivity index (χ2v) is 6.63. The van der Waals surface area contributed by atoms with Crippen molar-refractivity contribution in [3.63, 3.8) is 0 Å². The van der Waals surface area contributed by atoms with Crippen LogP contribution in [0.1, 0.15) is 46.2 Å². The number of amides is 1. The van der Waals surface area contributed by atoms with Gasteiger partial charge in [0.15, 0.2) is 6.23 Å².